The van der Waals surface area contributed by atoms with Gasteiger partial charge in [0.05, 0.1) is 6.61 Å². The molecule has 8 heteroatoms. The molecular formula is C18H22F2N2O4. The van der Waals surface area contributed by atoms with Crippen molar-refractivity contribution >= 4 is 17.7 Å². The maximum Gasteiger partial charge on any atom is 0.404 e. The number of nitrogens with zero attached hydrogens (tertiary/aromatic N) is 1. The molecule has 26 heavy (non-hydrogen) atoms. The molecule has 0 radical (unpaired) electrons. The summed E-state index contributed by atoms with van der Waals surface area (Å²) in [5.41, 5.74) is 0.787. The third kappa shape index (κ3) is 4.42. The van der Waals surface area contributed by atoms with Crippen molar-refractivity contribution in [3.05, 3.63) is 24.3 Å². The van der Waals surface area contributed by atoms with Crippen LogP contribution in [0.25, 0.3) is 0 Å². The normalized spacial score (nSPS) is 25.2. The van der Waals surface area contributed by atoms with E-state index in [1.807, 2.05) is 0 Å². The number of rotatable bonds is 5. The number of ether oxygens (including phenoxy) is 1. The third-order valence-corrected chi connectivity index (χ3v) is 4.95. The average Bonchev–Trinajstić information content (AvgIpc) is 3.01. The maximum atomic E-state index is 13.7. The Hall–Kier alpha value is -2.38. The largest absolute Gasteiger partial charge is 0.493 e. The number of carbonyl (C=O) groups is 2. The van der Waals surface area contributed by atoms with Gasteiger partial charge in [0.15, 0.2) is 0 Å². The van der Waals surface area contributed by atoms with E-state index < -0.39 is 30.4 Å². The molecule has 2 N–H and O–H groups in total. The van der Waals surface area contributed by atoms with Crippen LogP contribution in [0, 0.1) is 5.92 Å². The van der Waals surface area contributed by atoms with Crippen molar-refractivity contribution in [2.24, 2.45) is 5.92 Å². The number of hydrogen-bond donors (Lipinski definition) is 2. The lowest BCUT2D eigenvalue weighted by molar-refractivity contribution is -0.117. The summed E-state index contributed by atoms with van der Waals surface area (Å²) >= 11 is 0. The van der Waals surface area contributed by atoms with Crippen LogP contribution in [0.3, 0.4) is 0 Å². The van der Waals surface area contributed by atoms with Crippen LogP contribution in [-0.4, -0.2) is 42.2 Å². The minimum Gasteiger partial charge on any atom is -0.493 e. The molecule has 1 saturated heterocycles. The first-order valence-corrected chi connectivity index (χ1v) is 8.74. The highest BCUT2D eigenvalue weighted by atomic mass is 19.3. The van der Waals surface area contributed by atoms with Crippen molar-refractivity contribution in [3.8, 4) is 5.75 Å². The van der Waals surface area contributed by atoms with Crippen LogP contribution < -0.4 is 15.0 Å². The van der Waals surface area contributed by atoms with E-state index in [0.717, 1.165) is 12.1 Å². The summed E-state index contributed by atoms with van der Waals surface area (Å²) in [5, 5.41) is 11.2. The van der Waals surface area contributed by atoms with Gasteiger partial charge in [0.2, 0.25) is 11.8 Å². The molecule has 2 fully saturated rings. The predicted octanol–water partition coefficient (Wildman–Crippen LogP) is 3.26. The fourth-order valence-corrected chi connectivity index (χ4v) is 3.60. The number of carboxylic acid groups (broad SMARTS) is 1. The summed E-state index contributed by atoms with van der Waals surface area (Å²) in [7, 11) is 0. The Labute approximate surface area is 150 Å². The van der Waals surface area contributed by atoms with Crippen molar-refractivity contribution in [1.29, 1.82) is 0 Å². The Morgan fingerprint density at radius 1 is 1.35 bits per heavy atom. The number of alkyl halides is 2. The Morgan fingerprint density at radius 3 is 2.69 bits per heavy atom. The number of nitrogens with one attached hydrogen (secondary N) is 1. The predicted molar refractivity (Wildman–Crippen MR) is 90.8 cm³/mol. The third-order valence-electron chi connectivity index (χ3n) is 4.95. The maximum absolute atomic E-state index is 13.7. The Bertz CT molecular complexity index is 666. The first-order chi connectivity index (χ1) is 12.3. The summed E-state index contributed by atoms with van der Waals surface area (Å²) in [6, 6.07) is 6.37. The number of anilines is 1. The van der Waals surface area contributed by atoms with Crippen LogP contribution >= 0.6 is 0 Å². The van der Waals surface area contributed by atoms with Gasteiger partial charge in [-0.05, 0) is 37.1 Å². The van der Waals surface area contributed by atoms with E-state index in [4.69, 9.17) is 9.84 Å². The second-order valence-electron chi connectivity index (χ2n) is 6.87. The van der Waals surface area contributed by atoms with Gasteiger partial charge >= 0.3 is 6.09 Å². The van der Waals surface area contributed by atoms with Crippen LogP contribution in [-0.2, 0) is 4.79 Å². The number of carbonyl (C=O) groups excluding carboxylic acids is 1. The van der Waals surface area contributed by atoms with Crippen molar-refractivity contribution in [2.45, 2.75) is 44.1 Å². The fourth-order valence-electron chi connectivity index (χ4n) is 3.60. The van der Waals surface area contributed by atoms with Crippen molar-refractivity contribution < 1.29 is 28.2 Å². The molecule has 1 heterocycles. The molecule has 0 aromatic heterocycles. The first kappa shape index (κ1) is 18.4. The van der Waals surface area contributed by atoms with Crippen LogP contribution in [0.2, 0.25) is 0 Å². The molecule has 2 atom stereocenters. The molecule has 0 unspecified atom stereocenters. The van der Waals surface area contributed by atoms with Crippen LogP contribution in [0.4, 0.5) is 19.3 Å². The standard InChI is InChI=1S/C18H22F2N2O4/c19-18(20)8-7-15(21-17(24)25)12(10-18)11-26-14-5-3-13(4-6-14)22-9-1-2-16(22)23/h3-6,12,15,21H,1-2,7-11H2,(H,24,25)/t12-,15-/m0/s1. The zero-order valence-corrected chi connectivity index (χ0v) is 14.3. The SMILES string of the molecule is O=C(O)N[C@H]1CCC(F)(F)C[C@H]1COc1ccc(N2CCCC2=O)cc1. The van der Waals surface area contributed by atoms with Gasteiger partial charge < -0.3 is 20.1 Å². The Kier molecular flexibility index (Phi) is 5.29. The summed E-state index contributed by atoms with van der Waals surface area (Å²) < 4.78 is 33.0. The molecule has 6 nitrogen and oxygen atoms in total. The van der Waals surface area contributed by atoms with Gasteiger partial charge in [0, 0.05) is 43.5 Å². The van der Waals surface area contributed by atoms with Gasteiger partial charge in [-0.2, -0.15) is 0 Å². The molecule has 1 aliphatic carbocycles. The second kappa shape index (κ2) is 7.47. The van der Waals surface area contributed by atoms with Gasteiger partial charge in [-0.25, -0.2) is 13.6 Å². The van der Waals surface area contributed by atoms with E-state index in [2.05, 4.69) is 5.32 Å². The van der Waals surface area contributed by atoms with Crippen molar-refractivity contribution in [1.82, 2.24) is 5.32 Å². The van der Waals surface area contributed by atoms with E-state index in [0.29, 0.717) is 18.7 Å². The lowest BCUT2D eigenvalue weighted by Gasteiger charge is -2.35. The molecule has 1 aliphatic heterocycles. The molecule has 2 aliphatic rings. The molecule has 0 spiro atoms. The van der Waals surface area contributed by atoms with Gasteiger partial charge in [-0.15, -0.1) is 0 Å². The van der Waals surface area contributed by atoms with Crippen molar-refractivity contribution in [2.75, 3.05) is 18.1 Å². The molecular weight excluding hydrogens is 346 g/mol. The van der Waals surface area contributed by atoms with E-state index in [1.165, 1.54) is 0 Å². The van der Waals surface area contributed by atoms with Crippen LogP contribution in [0.15, 0.2) is 24.3 Å². The number of hydrogen-bond acceptors (Lipinski definition) is 3. The minimum atomic E-state index is -2.80. The summed E-state index contributed by atoms with van der Waals surface area (Å²) in [6.45, 7) is 0.696. The number of benzene rings is 1. The topological polar surface area (TPSA) is 78.9 Å². The van der Waals surface area contributed by atoms with E-state index >= 15 is 0 Å². The highest BCUT2D eigenvalue weighted by Crippen LogP contribution is 2.37. The van der Waals surface area contributed by atoms with Gasteiger partial charge in [-0.1, -0.05) is 0 Å². The van der Waals surface area contributed by atoms with Gasteiger partial charge in [0.25, 0.3) is 0 Å². The highest BCUT2D eigenvalue weighted by Gasteiger charge is 2.42. The van der Waals surface area contributed by atoms with Gasteiger partial charge in [-0.3, -0.25) is 4.79 Å². The summed E-state index contributed by atoms with van der Waals surface area (Å²) in [6.07, 6.45) is -0.476. The quantitative estimate of drug-likeness (QED) is 0.836. The minimum absolute atomic E-state index is 0.00251. The molecule has 0 bridgehead atoms. The Morgan fingerprint density at radius 2 is 2.08 bits per heavy atom. The lowest BCUT2D eigenvalue weighted by atomic mass is 9.82. The molecule has 2 amide bonds. The smallest absolute Gasteiger partial charge is 0.404 e. The van der Waals surface area contributed by atoms with Crippen LogP contribution in [0.5, 0.6) is 5.75 Å². The number of amides is 2. The van der Waals surface area contributed by atoms with E-state index in [1.54, 1.807) is 29.2 Å². The fraction of sp³-hybridized carbons (Fsp3) is 0.556. The monoisotopic (exact) mass is 368 g/mol. The molecule has 3 rings (SSSR count). The molecule has 1 aromatic rings. The summed E-state index contributed by atoms with van der Waals surface area (Å²) in [4.78, 5) is 24.3. The van der Waals surface area contributed by atoms with Crippen molar-refractivity contribution in [3.63, 3.8) is 0 Å². The summed E-state index contributed by atoms with van der Waals surface area (Å²) in [5.74, 6) is -2.81. The van der Waals surface area contributed by atoms with E-state index in [-0.39, 0.29) is 25.4 Å². The highest BCUT2D eigenvalue weighted by molar-refractivity contribution is 5.95. The Balaban J connectivity index is 1.60. The molecule has 1 saturated carbocycles. The van der Waals surface area contributed by atoms with E-state index in [9.17, 15) is 18.4 Å². The lowest BCUT2D eigenvalue weighted by Crippen LogP contribution is -2.48. The average molecular weight is 368 g/mol. The zero-order chi connectivity index (χ0) is 18.7. The molecule has 142 valence electrons. The second-order valence-corrected chi connectivity index (χ2v) is 6.87. The molecule has 1 aromatic carbocycles. The number of halogens is 2. The van der Waals surface area contributed by atoms with Crippen LogP contribution in [0.1, 0.15) is 32.1 Å². The van der Waals surface area contributed by atoms with Gasteiger partial charge in [0.1, 0.15) is 5.75 Å². The first-order valence-electron chi connectivity index (χ1n) is 8.74. The zero-order valence-electron chi connectivity index (χ0n) is 14.3.